The number of para-hydroxylation sites is 1. The van der Waals surface area contributed by atoms with Gasteiger partial charge in [0.1, 0.15) is 17.1 Å². The largest absolute Gasteiger partial charge is 0.439 e. The lowest BCUT2D eigenvalue weighted by Crippen LogP contribution is -1.97. The van der Waals surface area contributed by atoms with Crippen LogP contribution in [-0.4, -0.2) is 29.1 Å². The van der Waals surface area contributed by atoms with Crippen LogP contribution in [0.4, 0.5) is 0 Å². The Morgan fingerprint density at radius 3 is 2.45 bits per heavy atom. The lowest BCUT2D eigenvalue weighted by molar-refractivity contribution is 0.466. The molecule has 0 saturated heterocycles. The highest BCUT2D eigenvalue weighted by molar-refractivity contribution is 6.11. The summed E-state index contributed by atoms with van der Waals surface area (Å²) in [6, 6.07) is 28.5. The number of hydrogen-bond acceptors (Lipinski definition) is 5. The van der Waals surface area contributed by atoms with E-state index >= 15 is 0 Å². The average Bonchev–Trinajstić information content (AvgIpc) is 3.51. The number of aryl methyl sites for hydroxylation is 1. The van der Waals surface area contributed by atoms with E-state index in [0.29, 0.717) is 11.6 Å². The van der Waals surface area contributed by atoms with Gasteiger partial charge < -0.3 is 4.74 Å². The van der Waals surface area contributed by atoms with Gasteiger partial charge in [0.15, 0.2) is 0 Å². The summed E-state index contributed by atoms with van der Waals surface area (Å²) >= 11 is 0. The summed E-state index contributed by atoms with van der Waals surface area (Å²) in [5.41, 5.74) is 5.76. The van der Waals surface area contributed by atoms with E-state index in [4.69, 9.17) is 9.72 Å². The van der Waals surface area contributed by atoms with Crippen LogP contribution in [0.3, 0.4) is 0 Å². The third-order valence-electron chi connectivity index (χ3n) is 7.01. The third-order valence-corrected chi connectivity index (χ3v) is 7.01. The summed E-state index contributed by atoms with van der Waals surface area (Å²) in [6.07, 6.45) is 5.45. The molecule has 0 unspecified atom stereocenters. The standard InChI is InChI=1S/C31H20N6O/c1-19-16-27-31-24(23-13-15-32-18-28(23)37(27)35-19)11-12-30(34-31)38-20-9-10-22-21-6-2-3-7-25(21)36(26(22)17-20)29-8-4-5-14-33-29/h2-18H,1H3. The first-order chi connectivity index (χ1) is 18.7. The number of fused-ring (bicyclic) bond motifs is 9. The Kier molecular flexibility index (Phi) is 4.31. The molecule has 180 valence electrons. The highest BCUT2D eigenvalue weighted by Crippen LogP contribution is 2.35. The molecule has 0 saturated carbocycles. The highest BCUT2D eigenvalue weighted by Gasteiger charge is 2.16. The van der Waals surface area contributed by atoms with Gasteiger partial charge in [0, 0.05) is 46.1 Å². The van der Waals surface area contributed by atoms with Gasteiger partial charge >= 0.3 is 0 Å². The molecule has 0 spiro atoms. The fourth-order valence-corrected chi connectivity index (χ4v) is 5.41. The molecule has 7 heteroatoms. The van der Waals surface area contributed by atoms with Crippen LogP contribution in [0.15, 0.2) is 104 Å². The molecule has 6 aromatic heterocycles. The molecular formula is C31H20N6O. The van der Waals surface area contributed by atoms with Crippen molar-refractivity contribution >= 4 is 49.1 Å². The van der Waals surface area contributed by atoms with Crippen LogP contribution in [0, 0.1) is 6.92 Å². The Balaban J connectivity index is 1.31. The molecule has 0 atom stereocenters. The second-order valence-corrected chi connectivity index (χ2v) is 9.34. The fraction of sp³-hybridized carbons (Fsp3) is 0.0323. The van der Waals surface area contributed by atoms with Crippen LogP contribution in [0.25, 0.3) is 54.9 Å². The number of nitrogens with zero attached hydrogens (tertiary/aromatic N) is 6. The number of benzene rings is 2. The Morgan fingerprint density at radius 2 is 1.53 bits per heavy atom. The Bertz CT molecular complexity index is 2180. The molecule has 0 N–H and O–H groups in total. The molecule has 0 radical (unpaired) electrons. The normalized spacial score (nSPS) is 11.8. The fourth-order valence-electron chi connectivity index (χ4n) is 5.41. The zero-order valence-corrected chi connectivity index (χ0v) is 20.4. The third kappa shape index (κ3) is 3.02. The van der Waals surface area contributed by atoms with Gasteiger partial charge in [-0.1, -0.05) is 24.3 Å². The average molecular weight is 493 g/mol. The van der Waals surface area contributed by atoms with Gasteiger partial charge in [0.25, 0.3) is 0 Å². The van der Waals surface area contributed by atoms with E-state index in [9.17, 15) is 0 Å². The van der Waals surface area contributed by atoms with Crippen molar-refractivity contribution in [3.63, 3.8) is 0 Å². The Labute approximate surface area is 216 Å². The maximum absolute atomic E-state index is 6.36. The van der Waals surface area contributed by atoms with Gasteiger partial charge in [-0.25, -0.2) is 14.5 Å². The van der Waals surface area contributed by atoms with E-state index in [1.54, 1.807) is 6.20 Å². The Hall–Kier alpha value is -5.30. The zero-order valence-electron chi connectivity index (χ0n) is 20.4. The molecule has 8 rings (SSSR count). The van der Waals surface area contributed by atoms with Crippen molar-refractivity contribution in [1.29, 1.82) is 0 Å². The van der Waals surface area contributed by atoms with E-state index < -0.39 is 0 Å². The van der Waals surface area contributed by atoms with E-state index in [-0.39, 0.29) is 0 Å². The first-order valence-corrected chi connectivity index (χ1v) is 12.4. The van der Waals surface area contributed by atoms with Crippen LogP contribution in [-0.2, 0) is 0 Å². The Morgan fingerprint density at radius 1 is 0.684 bits per heavy atom. The van der Waals surface area contributed by atoms with Gasteiger partial charge in [-0.3, -0.25) is 9.55 Å². The quantitative estimate of drug-likeness (QED) is 0.248. The maximum atomic E-state index is 6.36. The van der Waals surface area contributed by atoms with Crippen molar-refractivity contribution in [3.05, 3.63) is 109 Å². The van der Waals surface area contributed by atoms with Crippen molar-refractivity contribution in [2.75, 3.05) is 0 Å². The first kappa shape index (κ1) is 20.8. The summed E-state index contributed by atoms with van der Waals surface area (Å²) in [5.74, 6) is 2.08. The summed E-state index contributed by atoms with van der Waals surface area (Å²) in [6.45, 7) is 1.98. The van der Waals surface area contributed by atoms with E-state index in [2.05, 4.69) is 62.1 Å². The molecule has 7 nitrogen and oxygen atoms in total. The minimum absolute atomic E-state index is 0.520. The van der Waals surface area contributed by atoms with Crippen LogP contribution in [0.5, 0.6) is 11.6 Å². The molecule has 0 aliphatic rings. The van der Waals surface area contributed by atoms with Crippen molar-refractivity contribution in [1.82, 2.24) is 29.1 Å². The van der Waals surface area contributed by atoms with Crippen molar-refractivity contribution in [2.24, 2.45) is 0 Å². The van der Waals surface area contributed by atoms with Gasteiger partial charge in [-0.15, -0.1) is 0 Å². The van der Waals surface area contributed by atoms with Crippen molar-refractivity contribution < 1.29 is 4.74 Å². The minimum Gasteiger partial charge on any atom is -0.439 e. The molecule has 0 fully saturated rings. The van der Waals surface area contributed by atoms with Gasteiger partial charge in [-0.05, 0) is 55.5 Å². The maximum Gasteiger partial charge on any atom is 0.219 e. The van der Waals surface area contributed by atoms with Gasteiger partial charge in [0.2, 0.25) is 5.88 Å². The molecule has 0 aliphatic carbocycles. The summed E-state index contributed by atoms with van der Waals surface area (Å²) in [7, 11) is 0. The van der Waals surface area contributed by atoms with Crippen LogP contribution in [0.2, 0.25) is 0 Å². The van der Waals surface area contributed by atoms with E-state index in [0.717, 1.165) is 55.3 Å². The predicted molar refractivity (Wildman–Crippen MR) is 149 cm³/mol. The molecule has 0 bridgehead atoms. The number of pyridine rings is 4. The highest BCUT2D eigenvalue weighted by atomic mass is 16.5. The molecule has 38 heavy (non-hydrogen) atoms. The molecular weight excluding hydrogens is 472 g/mol. The zero-order chi connectivity index (χ0) is 25.2. The topological polar surface area (TPSA) is 70.1 Å². The van der Waals surface area contributed by atoms with Crippen molar-refractivity contribution in [2.45, 2.75) is 6.92 Å². The minimum atomic E-state index is 0.520. The molecule has 0 amide bonds. The van der Waals surface area contributed by atoms with Gasteiger partial charge in [0.05, 0.1) is 34.0 Å². The second kappa shape index (κ2) is 7.85. The molecule has 8 aromatic rings. The number of aromatic nitrogens is 6. The van der Waals surface area contributed by atoms with E-state index in [1.165, 1.54) is 5.39 Å². The number of rotatable bonds is 3. The SMILES string of the molecule is Cc1cc2c3nc(Oc4ccc5c6ccccc6n(-c6ccccn6)c5c4)ccc3c3ccncc3n2n1. The van der Waals surface area contributed by atoms with Gasteiger partial charge in [-0.2, -0.15) is 5.10 Å². The summed E-state index contributed by atoms with van der Waals surface area (Å²) in [5, 5.41) is 9.08. The predicted octanol–water partition coefficient (Wildman–Crippen LogP) is 7.02. The lowest BCUT2D eigenvalue weighted by Gasteiger charge is -2.10. The van der Waals surface area contributed by atoms with Crippen LogP contribution < -0.4 is 4.74 Å². The second-order valence-electron chi connectivity index (χ2n) is 9.34. The lowest BCUT2D eigenvalue weighted by atomic mass is 10.1. The molecule has 0 aliphatic heterocycles. The number of hydrogen-bond donors (Lipinski definition) is 0. The van der Waals surface area contributed by atoms with Crippen LogP contribution >= 0.6 is 0 Å². The number of ether oxygens (including phenoxy) is 1. The van der Waals surface area contributed by atoms with Crippen LogP contribution in [0.1, 0.15) is 5.69 Å². The first-order valence-electron chi connectivity index (χ1n) is 12.4. The summed E-state index contributed by atoms with van der Waals surface area (Å²) in [4.78, 5) is 13.9. The van der Waals surface area contributed by atoms with Crippen molar-refractivity contribution in [3.8, 4) is 17.4 Å². The molecule has 2 aromatic carbocycles. The molecule has 6 heterocycles. The summed E-state index contributed by atoms with van der Waals surface area (Å²) < 4.78 is 10.4. The van der Waals surface area contributed by atoms with E-state index in [1.807, 2.05) is 66.3 Å². The smallest absolute Gasteiger partial charge is 0.219 e. The monoisotopic (exact) mass is 492 g/mol.